The third-order valence-electron chi connectivity index (χ3n) is 2.89. The van der Waals surface area contributed by atoms with Gasteiger partial charge in [0.05, 0.1) is 0 Å². The summed E-state index contributed by atoms with van der Waals surface area (Å²) in [5.74, 6) is 1.03. The van der Waals surface area contributed by atoms with Crippen LogP contribution in [-0.2, 0) is 6.42 Å². The van der Waals surface area contributed by atoms with Crippen molar-refractivity contribution in [3.8, 4) is 5.75 Å². The molecule has 0 aromatic heterocycles. The van der Waals surface area contributed by atoms with E-state index < -0.39 is 0 Å². The Morgan fingerprint density at radius 2 is 2.25 bits per heavy atom. The molecule has 3 nitrogen and oxygen atoms in total. The van der Waals surface area contributed by atoms with Crippen LogP contribution in [0, 0.1) is 0 Å². The number of hydrogen-bond acceptors (Lipinski definition) is 3. The van der Waals surface area contributed by atoms with Gasteiger partial charge in [-0.3, -0.25) is 0 Å². The van der Waals surface area contributed by atoms with E-state index in [9.17, 15) is 0 Å². The molecule has 0 saturated carbocycles. The third-order valence-corrected chi connectivity index (χ3v) is 2.89. The topological polar surface area (TPSA) is 41.5 Å². The van der Waals surface area contributed by atoms with Crippen molar-refractivity contribution in [1.82, 2.24) is 5.32 Å². The molecule has 16 heavy (non-hydrogen) atoms. The zero-order valence-electron chi connectivity index (χ0n) is 9.48. The van der Waals surface area contributed by atoms with E-state index in [-0.39, 0.29) is 12.7 Å². The number of aryl methyl sites for hydroxylation is 1. The average Bonchev–Trinajstić information content (AvgIpc) is 2.34. The number of aliphatic hydroxyl groups is 1. The molecular formula is C13H19NO2. The van der Waals surface area contributed by atoms with Gasteiger partial charge in [0.25, 0.3) is 0 Å². The quantitative estimate of drug-likeness (QED) is 0.738. The highest BCUT2D eigenvalue weighted by Crippen LogP contribution is 2.26. The molecule has 0 spiro atoms. The molecule has 3 heteroatoms. The molecule has 1 aliphatic rings. The molecule has 88 valence electrons. The van der Waals surface area contributed by atoms with Crippen LogP contribution in [0.15, 0.2) is 24.3 Å². The van der Waals surface area contributed by atoms with Crippen molar-refractivity contribution in [2.45, 2.75) is 25.4 Å². The summed E-state index contributed by atoms with van der Waals surface area (Å²) < 4.78 is 5.89. The Labute approximate surface area is 96.4 Å². The second kappa shape index (κ2) is 5.87. The van der Waals surface area contributed by atoms with Gasteiger partial charge in [0.2, 0.25) is 0 Å². The lowest BCUT2D eigenvalue weighted by Gasteiger charge is -2.26. The lowest BCUT2D eigenvalue weighted by molar-refractivity contribution is 0.169. The van der Waals surface area contributed by atoms with Gasteiger partial charge in [0, 0.05) is 13.2 Å². The number of para-hydroxylation sites is 1. The van der Waals surface area contributed by atoms with Crippen LogP contribution in [-0.4, -0.2) is 30.9 Å². The van der Waals surface area contributed by atoms with E-state index in [0.29, 0.717) is 0 Å². The van der Waals surface area contributed by atoms with Crippen molar-refractivity contribution in [2.24, 2.45) is 0 Å². The molecule has 0 fully saturated rings. The standard InChI is InChI=1S/C13H19NO2/c15-9-3-8-14-10-12-7-6-11-4-1-2-5-13(11)16-12/h1-2,4-5,12,14-15H,3,6-10H2/t12-/m0/s1. The summed E-state index contributed by atoms with van der Waals surface area (Å²) in [7, 11) is 0. The minimum absolute atomic E-state index is 0.251. The third kappa shape index (κ3) is 2.97. The van der Waals surface area contributed by atoms with Gasteiger partial charge in [-0.15, -0.1) is 0 Å². The predicted octanol–water partition coefficient (Wildman–Crippen LogP) is 1.35. The van der Waals surface area contributed by atoms with Crippen LogP contribution < -0.4 is 10.1 Å². The number of aliphatic hydroxyl groups excluding tert-OH is 1. The first kappa shape index (κ1) is 11.4. The number of rotatable bonds is 5. The monoisotopic (exact) mass is 221 g/mol. The number of benzene rings is 1. The largest absolute Gasteiger partial charge is 0.489 e. The van der Waals surface area contributed by atoms with E-state index >= 15 is 0 Å². The maximum atomic E-state index is 8.66. The Hall–Kier alpha value is -1.06. The van der Waals surface area contributed by atoms with Crippen molar-refractivity contribution in [3.63, 3.8) is 0 Å². The fourth-order valence-corrected chi connectivity index (χ4v) is 1.99. The molecule has 1 aromatic carbocycles. The van der Waals surface area contributed by atoms with Crippen LogP contribution >= 0.6 is 0 Å². The van der Waals surface area contributed by atoms with Crippen LogP contribution in [0.1, 0.15) is 18.4 Å². The van der Waals surface area contributed by atoms with E-state index in [4.69, 9.17) is 9.84 Å². The molecule has 0 unspecified atom stereocenters. The maximum Gasteiger partial charge on any atom is 0.122 e. The average molecular weight is 221 g/mol. The van der Waals surface area contributed by atoms with Crippen molar-refractivity contribution in [3.05, 3.63) is 29.8 Å². The van der Waals surface area contributed by atoms with E-state index in [1.165, 1.54) is 5.56 Å². The first-order chi connectivity index (χ1) is 7.90. The van der Waals surface area contributed by atoms with Gasteiger partial charge >= 0.3 is 0 Å². The Kier molecular flexibility index (Phi) is 4.19. The minimum Gasteiger partial charge on any atom is -0.489 e. The van der Waals surface area contributed by atoms with Gasteiger partial charge in [-0.05, 0) is 37.4 Å². The molecule has 1 aliphatic heterocycles. The highest BCUT2D eigenvalue weighted by molar-refractivity contribution is 5.35. The zero-order chi connectivity index (χ0) is 11.2. The Balaban J connectivity index is 1.79. The molecular weight excluding hydrogens is 202 g/mol. The van der Waals surface area contributed by atoms with Crippen molar-refractivity contribution in [1.29, 1.82) is 0 Å². The van der Waals surface area contributed by atoms with Crippen molar-refractivity contribution in [2.75, 3.05) is 19.7 Å². The second-order valence-electron chi connectivity index (χ2n) is 4.17. The lowest BCUT2D eigenvalue weighted by Crippen LogP contribution is -2.34. The molecule has 2 N–H and O–H groups in total. The Morgan fingerprint density at radius 1 is 1.38 bits per heavy atom. The first-order valence-electron chi connectivity index (χ1n) is 5.96. The van der Waals surface area contributed by atoms with Gasteiger partial charge < -0.3 is 15.2 Å². The summed E-state index contributed by atoms with van der Waals surface area (Å²) >= 11 is 0. The normalized spacial score (nSPS) is 18.9. The SMILES string of the molecule is OCCCNC[C@@H]1CCc2ccccc2O1. The maximum absolute atomic E-state index is 8.66. The van der Waals surface area contributed by atoms with Gasteiger partial charge in [-0.25, -0.2) is 0 Å². The van der Waals surface area contributed by atoms with Crippen LogP contribution in [0.3, 0.4) is 0 Å². The second-order valence-corrected chi connectivity index (χ2v) is 4.17. The van der Waals surface area contributed by atoms with Crippen LogP contribution in [0.2, 0.25) is 0 Å². The summed E-state index contributed by atoms with van der Waals surface area (Å²) in [4.78, 5) is 0. The van der Waals surface area contributed by atoms with Gasteiger partial charge in [0.15, 0.2) is 0 Å². The Morgan fingerprint density at radius 3 is 3.12 bits per heavy atom. The summed E-state index contributed by atoms with van der Waals surface area (Å²) in [6.07, 6.45) is 3.25. The molecule has 1 heterocycles. The summed E-state index contributed by atoms with van der Waals surface area (Å²) in [6.45, 7) is 1.98. The molecule has 0 amide bonds. The van der Waals surface area contributed by atoms with Crippen LogP contribution in [0.25, 0.3) is 0 Å². The molecule has 0 saturated heterocycles. The van der Waals surface area contributed by atoms with Crippen LogP contribution in [0.5, 0.6) is 5.75 Å². The summed E-state index contributed by atoms with van der Waals surface area (Å²) in [5, 5.41) is 12.0. The highest BCUT2D eigenvalue weighted by atomic mass is 16.5. The molecule has 0 aliphatic carbocycles. The molecule has 1 aromatic rings. The minimum atomic E-state index is 0.251. The molecule has 1 atom stereocenters. The molecule has 0 radical (unpaired) electrons. The van der Waals surface area contributed by atoms with E-state index in [0.717, 1.165) is 38.1 Å². The van der Waals surface area contributed by atoms with Gasteiger partial charge in [-0.1, -0.05) is 18.2 Å². The Bertz CT molecular complexity index is 327. The van der Waals surface area contributed by atoms with E-state index in [1.807, 2.05) is 12.1 Å². The number of nitrogens with one attached hydrogen (secondary N) is 1. The lowest BCUT2D eigenvalue weighted by atomic mass is 10.0. The van der Waals surface area contributed by atoms with Crippen molar-refractivity contribution < 1.29 is 9.84 Å². The fraction of sp³-hybridized carbons (Fsp3) is 0.538. The summed E-state index contributed by atoms with van der Waals surface area (Å²) in [6, 6.07) is 8.24. The van der Waals surface area contributed by atoms with E-state index in [1.54, 1.807) is 0 Å². The van der Waals surface area contributed by atoms with Gasteiger partial charge in [-0.2, -0.15) is 0 Å². The van der Waals surface area contributed by atoms with Gasteiger partial charge in [0.1, 0.15) is 11.9 Å². The molecule has 2 rings (SSSR count). The van der Waals surface area contributed by atoms with Crippen molar-refractivity contribution >= 4 is 0 Å². The number of hydrogen-bond donors (Lipinski definition) is 2. The first-order valence-corrected chi connectivity index (χ1v) is 5.96. The highest BCUT2D eigenvalue weighted by Gasteiger charge is 2.18. The predicted molar refractivity (Wildman–Crippen MR) is 63.8 cm³/mol. The smallest absolute Gasteiger partial charge is 0.122 e. The van der Waals surface area contributed by atoms with E-state index in [2.05, 4.69) is 17.4 Å². The zero-order valence-corrected chi connectivity index (χ0v) is 9.48. The fourth-order valence-electron chi connectivity index (χ4n) is 1.99. The number of ether oxygens (including phenoxy) is 1. The summed E-state index contributed by atoms with van der Waals surface area (Å²) in [5.41, 5.74) is 1.31. The molecule has 0 bridgehead atoms. The number of fused-ring (bicyclic) bond motifs is 1. The van der Waals surface area contributed by atoms with Crippen LogP contribution in [0.4, 0.5) is 0 Å².